The van der Waals surface area contributed by atoms with Crippen LogP contribution in [0.1, 0.15) is 30.0 Å². The van der Waals surface area contributed by atoms with Crippen LogP contribution in [0.4, 0.5) is 4.79 Å². The molecule has 2 aromatic rings. The summed E-state index contributed by atoms with van der Waals surface area (Å²) < 4.78 is 10.5. The molecule has 0 aliphatic heterocycles. The Morgan fingerprint density at radius 3 is 2.39 bits per heavy atom. The molecule has 0 saturated heterocycles. The van der Waals surface area contributed by atoms with Crippen molar-refractivity contribution in [1.82, 2.24) is 10.2 Å². The molecule has 0 aromatic heterocycles. The highest BCUT2D eigenvalue weighted by molar-refractivity contribution is 5.90. The molecule has 7 nitrogen and oxygen atoms in total. The Morgan fingerprint density at radius 2 is 1.68 bits per heavy atom. The molecule has 0 bridgehead atoms. The maximum Gasteiger partial charge on any atom is 0.410 e. The van der Waals surface area contributed by atoms with Gasteiger partial charge in [0.1, 0.15) is 18.7 Å². The van der Waals surface area contributed by atoms with Crippen molar-refractivity contribution in [3.8, 4) is 0 Å². The van der Waals surface area contributed by atoms with Crippen molar-refractivity contribution in [2.75, 3.05) is 20.2 Å². The van der Waals surface area contributed by atoms with Crippen molar-refractivity contribution in [2.45, 2.75) is 38.3 Å². The van der Waals surface area contributed by atoms with Crippen molar-refractivity contribution in [1.29, 1.82) is 0 Å². The monoisotopic (exact) mass is 424 g/mol. The average Bonchev–Trinajstić information content (AvgIpc) is 2.78. The summed E-state index contributed by atoms with van der Waals surface area (Å²) in [6.45, 7) is 1.86. The van der Waals surface area contributed by atoms with Crippen molar-refractivity contribution in [3.05, 3.63) is 71.3 Å². The van der Waals surface area contributed by atoms with Gasteiger partial charge in [0.15, 0.2) is 0 Å². The van der Waals surface area contributed by atoms with Gasteiger partial charge in [0.05, 0.1) is 6.61 Å². The summed E-state index contributed by atoms with van der Waals surface area (Å²) in [5, 5.41) is 2.85. The quantitative estimate of drug-likeness (QED) is 0.691. The normalized spacial score (nSPS) is 17.2. The highest BCUT2D eigenvalue weighted by Crippen LogP contribution is 2.30. The number of likely N-dealkylation sites (N-methyl/N-ethyl adjacent to an activating group) is 1. The second kappa shape index (κ2) is 10.1. The summed E-state index contributed by atoms with van der Waals surface area (Å²) in [5.41, 5.74) is 1.89. The van der Waals surface area contributed by atoms with Crippen LogP contribution in [-0.2, 0) is 38.5 Å². The van der Waals surface area contributed by atoms with E-state index < -0.39 is 23.5 Å². The van der Waals surface area contributed by atoms with E-state index in [1.54, 1.807) is 6.92 Å². The number of amides is 2. The molecule has 164 valence electrons. The molecule has 1 N–H and O–H groups in total. The van der Waals surface area contributed by atoms with E-state index in [0.717, 1.165) is 11.1 Å². The molecule has 0 spiro atoms. The van der Waals surface area contributed by atoms with Gasteiger partial charge < -0.3 is 19.7 Å². The second-order valence-electron chi connectivity index (χ2n) is 7.69. The first-order valence-corrected chi connectivity index (χ1v) is 10.4. The molecule has 1 aliphatic rings. The summed E-state index contributed by atoms with van der Waals surface area (Å²) in [6, 6.07) is 17.2. The van der Waals surface area contributed by atoms with Gasteiger partial charge in [0.2, 0.25) is 5.91 Å². The Bertz CT molecular complexity index is 931. The highest BCUT2D eigenvalue weighted by atomic mass is 16.6. The first-order valence-electron chi connectivity index (χ1n) is 10.4. The first kappa shape index (κ1) is 22.3. The molecule has 1 atom stereocenters. The van der Waals surface area contributed by atoms with E-state index in [0.29, 0.717) is 19.3 Å². The lowest BCUT2D eigenvalue weighted by molar-refractivity contribution is -0.154. The molecule has 31 heavy (non-hydrogen) atoms. The Morgan fingerprint density at radius 1 is 1.00 bits per heavy atom. The van der Waals surface area contributed by atoms with E-state index in [-0.39, 0.29) is 19.8 Å². The zero-order valence-electron chi connectivity index (χ0n) is 17.9. The van der Waals surface area contributed by atoms with Crippen molar-refractivity contribution in [2.24, 2.45) is 0 Å². The second-order valence-corrected chi connectivity index (χ2v) is 7.69. The van der Waals surface area contributed by atoms with E-state index in [1.165, 1.54) is 17.5 Å². The van der Waals surface area contributed by atoms with Crippen LogP contribution in [0.2, 0.25) is 0 Å². The number of aryl methyl sites for hydroxylation is 1. The number of ether oxygens (including phenoxy) is 2. The van der Waals surface area contributed by atoms with Gasteiger partial charge in [-0.25, -0.2) is 9.59 Å². The van der Waals surface area contributed by atoms with Crippen LogP contribution in [0.25, 0.3) is 0 Å². The van der Waals surface area contributed by atoms with Crippen LogP contribution < -0.4 is 5.32 Å². The van der Waals surface area contributed by atoms with Gasteiger partial charge in [-0.1, -0.05) is 54.6 Å². The fraction of sp³-hybridized carbons (Fsp3) is 0.375. The van der Waals surface area contributed by atoms with E-state index >= 15 is 0 Å². The fourth-order valence-corrected chi connectivity index (χ4v) is 3.75. The molecule has 0 fully saturated rings. The minimum atomic E-state index is -1.14. The Balaban J connectivity index is 1.62. The van der Waals surface area contributed by atoms with Gasteiger partial charge in [-0.15, -0.1) is 0 Å². The SMILES string of the molecule is CCOC(=O)C1(NC(=O)CN(C)C(=O)OCc2ccccc2)CCc2ccccc2C1. The van der Waals surface area contributed by atoms with Gasteiger partial charge >= 0.3 is 12.1 Å². The summed E-state index contributed by atoms with van der Waals surface area (Å²) in [7, 11) is 1.49. The Hall–Kier alpha value is -3.35. The van der Waals surface area contributed by atoms with Gasteiger partial charge in [-0.3, -0.25) is 4.79 Å². The van der Waals surface area contributed by atoms with Crippen LogP contribution in [0, 0.1) is 0 Å². The zero-order chi connectivity index (χ0) is 22.3. The maximum absolute atomic E-state index is 12.8. The van der Waals surface area contributed by atoms with Gasteiger partial charge in [-0.2, -0.15) is 0 Å². The van der Waals surface area contributed by atoms with Gasteiger partial charge in [-0.05, 0) is 36.5 Å². The Labute approximate surface area is 182 Å². The molecule has 0 radical (unpaired) electrons. The van der Waals surface area contributed by atoms with Crippen LogP contribution in [-0.4, -0.2) is 48.6 Å². The lowest BCUT2D eigenvalue weighted by Gasteiger charge is -2.37. The fourth-order valence-electron chi connectivity index (χ4n) is 3.75. The van der Waals surface area contributed by atoms with E-state index in [2.05, 4.69) is 5.32 Å². The highest BCUT2D eigenvalue weighted by Gasteiger charge is 2.44. The molecule has 2 amide bonds. The van der Waals surface area contributed by atoms with Gasteiger partial charge in [0, 0.05) is 13.5 Å². The minimum absolute atomic E-state index is 0.120. The van der Waals surface area contributed by atoms with E-state index in [4.69, 9.17) is 9.47 Å². The van der Waals surface area contributed by atoms with Gasteiger partial charge in [0.25, 0.3) is 0 Å². The Kier molecular flexibility index (Phi) is 7.28. The number of carbonyl (C=O) groups is 3. The predicted octanol–water partition coefficient (Wildman–Crippen LogP) is 2.86. The number of nitrogens with zero attached hydrogens (tertiary/aromatic N) is 1. The van der Waals surface area contributed by atoms with Crippen molar-refractivity contribution < 1.29 is 23.9 Å². The van der Waals surface area contributed by atoms with Crippen LogP contribution in [0.3, 0.4) is 0 Å². The smallest absolute Gasteiger partial charge is 0.410 e. The largest absolute Gasteiger partial charge is 0.464 e. The molecular weight excluding hydrogens is 396 g/mol. The molecule has 1 aliphatic carbocycles. The van der Waals surface area contributed by atoms with E-state index in [1.807, 2.05) is 54.6 Å². The topological polar surface area (TPSA) is 84.9 Å². The zero-order valence-corrected chi connectivity index (χ0v) is 17.9. The minimum Gasteiger partial charge on any atom is -0.464 e. The number of benzene rings is 2. The summed E-state index contributed by atoms with van der Waals surface area (Å²) in [4.78, 5) is 39.0. The number of hydrogen-bond acceptors (Lipinski definition) is 5. The third-order valence-corrected chi connectivity index (χ3v) is 5.37. The van der Waals surface area contributed by atoms with Crippen LogP contribution in [0.15, 0.2) is 54.6 Å². The number of fused-ring (bicyclic) bond motifs is 1. The number of nitrogens with one attached hydrogen (secondary N) is 1. The third-order valence-electron chi connectivity index (χ3n) is 5.37. The molecule has 7 heteroatoms. The molecular formula is C24H28N2O5. The third kappa shape index (κ3) is 5.63. The van der Waals surface area contributed by atoms with E-state index in [9.17, 15) is 14.4 Å². The van der Waals surface area contributed by atoms with Crippen LogP contribution in [0.5, 0.6) is 0 Å². The van der Waals surface area contributed by atoms with Crippen molar-refractivity contribution in [3.63, 3.8) is 0 Å². The summed E-state index contributed by atoms with van der Waals surface area (Å²) >= 11 is 0. The standard InChI is InChI=1S/C24H28N2O5/c1-3-30-22(28)24(14-13-19-11-7-8-12-20(19)15-24)25-21(27)16-26(2)23(29)31-17-18-9-5-4-6-10-18/h4-12H,3,13-17H2,1-2H3,(H,25,27). The van der Waals surface area contributed by atoms with Crippen molar-refractivity contribution >= 4 is 18.0 Å². The maximum atomic E-state index is 12.8. The number of carbonyl (C=O) groups excluding carboxylic acids is 3. The first-order chi connectivity index (χ1) is 14.9. The summed E-state index contributed by atoms with van der Waals surface area (Å²) in [6.07, 6.45) is 0.842. The lowest BCUT2D eigenvalue weighted by Crippen LogP contribution is -2.60. The molecule has 1 unspecified atom stereocenters. The van der Waals surface area contributed by atoms with Crippen LogP contribution >= 0.6 is 0 Å². The number of hydrogen-bond donors (Lipinski definition) is 1. The number of rotatable bonds is 7. The lowest BCUT2D eigenvalue weighted by atomic mass is 9.77. The average molecular weight is 424 g/mol. The summed E-state index contributed by atoms with van der Waals surface area (Å²) in [5.74, 6) is -0.890. The molecule has 3 rings (SSSR count). The number of esters is 1. The molecule has 2 aromatic carbocycles. The molecule has 0 saturated carbocycles. The predicted molar refractivity (Wildman–Crippen MR) is 115 cm³/mol. The molecule has 0 heterocycles.